The second-order valence-electron chi connectivity index (χ2n) is 8.29. The minimum absolute atomic E-state index is 0.0992. The molecule has 152 valence electrons. The van der Waals surface area contributed by atoms with E-state index in [0.29, 0.717) is 6.54 Å². The molecule has 1 aromatic rings. The van der Waals surface area contributed by atoms with E-state index in [1.807, 2.05) is 4.90 Å². The number of carbonyl (C=O) groups is 1. The van der Waals surface area contributed by atoms with Crippen molar-refractivity contribution in [3.05, 3.63) is 22.4 Å². The Labute approximate surface area is 168 Å². The Morgan fingerprint density at radius 2 is 1.96 bits per heavy atom. The van der Waals surface area contributed by atoms with Crippen LogP contribution in [0.3, 0.4) is 0 Å². The first kappa shape index (κ1) is 20.6. The van der Waals surface area contributed by atoms with E-state index in [4.69, 9.17) is 0 Å². The fraction of sp³-hybridized carbons (Fsp3) is 0.762. The van der Waals surface area contributed by atoms with Crippen LogP contribution in [-0.2, 0) is 6.54 Å². The van der Waals surface area contributed by atoms with Crippen LogP contribution in [0.5, 0.6) is 0 Å². The maximum atomic E-state index is 13.0. The predicted molar refractivity (Wildman–Crippen MR) is 113 cm³/mol. The van der Waals surface area contributed by atoms with Gasteiger partial charge in [-0.1, -0.05) is 26.2 Å². The van der Waals surface area contributed by atoms with Crippen molar-refractivity contribution in [3.8, 4) is 0 Å². The van der Waals surface area contributed by atoms with Crippen molar-refractivity contribution in [2.75, 3.05) is 46.3 Å². The standard InChI is InChI=1S/C21H36N4OS/c1-3-10-24(16-19-7-15-27-17-19)20(26)22-18-21(8-5-4-6-9-21)25-13-11-23(2)12-14-25/h7,15,17H,3-6,8-14,16,18H2,1-2H3,(H,22,26). The van der Waals surface area contributed by atoms with E-state index in [9.17, 15) is 4.79 Å². The van der Waals surface area contributed by atoms with Crippen LogP contribution < -0.4 is 5.32 Å². The number of likely N-dealkylation sites (N-methyl/N-ethyl adjacent to an activating group) is 1. The Balaban J connectivity index is 1.62. The van der Waals surface area contributed by atoms with Crippen molar-refractivity contribution in [3.63, 3.8) is 0 Å². The molecule has 3 rings (SSSR count). The SMILES string of the molecule is CCCN(Cc1ccsc1)C(=O)NCC1(N2CCN(C)CC2)CCCCC1. The molecule has 0 bridgehead atoms. The molecule has 0 aromatic carbocycles. The smallest absolute Gasteiger partial charge is 0.317 e. The summed E-state index contributed by atoms with van der Waals surface area (Å²) in [7, 11) is 2.21. The highest BCUT2D eigenvalue weighted by molar-refractivity contribution is 7.07. The Morgan fingerprint density at radius 1 is 1.22 bits per heavy atom. The van der Waals surface area contributed by atoms with E-state index in [1.165, 1.54) is 37.7 Å². The molecular weight excluding hydrogens is 356 g/mol. The quantitative estimate of drug-likeness (QED) is 0.770. The molecule has 1 aliphatic carbocycles. The summed E-state index contributed by atoms with van der Waals surface area (Å²) in [5.41, 5.74) is 1.39. The van der Waals surface area contributed by atoms with Crippen molar-refractivity contribution < 1.29 is 4.79 Å². The highest BCUT2D eigenvalue weighted by Crippen LogP contribution is 2.34. The maximum Gasteiger partial charge on any atom is 0.317 e. The molecule has 1 N–H and O–H groups in total. The lowest BCUT2D eigenvalue weighted by atomic mass is 9.79. The van der Waals surface area contributed by atoms with Gasteiger partial charge in [-0.25, -0.2) is 4.79 Å². The number of thiophene rings is 1. The maximum absolute atomic E-state index is 13.0. The van der Waals surface area contributed by atoms with Crippen molar-refractivity contribution in [1.29, 1.82) is 0 Å². The first-order valence-electron chi connectivity index (χ1n) is 10.6. The molecule has 2 heterocycles. The normalized spacial score (nSPS) is 21.1. The van der Waals surface area contributed by atoms with Crippen molar-refractivity contribution in [2.45, 2.75) is 57.5 Å². The van der Waals surface area contributed by atoms with Crippen LogP contribution in [-0.4, -0.2) is 72.6 Å². The fourth-order valence-corrected chi connectivity index (χ4v) is 5.23. The average molecular weight is 393 g/mol. The highest BCUT2D eigenvalue weighted by atomic mass is 32.1. The number of carbonyl (C=O) groups excluding carboxylic acids is 1. The molecule has 1 aromatic heterocycles. The first-order chi connectivity index (χ1) is 13.1. The molecule has 6 heteroatoms. The predicted octanol–water partition coefficient (Wildman–Crippen LogP) is 3.62. The van der Waals surface area contributed by atoms with Gasteiger partial charge in [0.1, 0.15) is 0 Å². The number of hydrogen-bond donors (Lipinski definition) is 1. The topological polar surface area (TPSA) is 38.8 Å². The number of nitrogens with one attached hydrogen (secondary N) is 1. The zero-order valence-electron chi connectivity index (χ0n) is 17.1. The van der Waals surface area contributed by atoms with Gasteiger partial charge in [-0.15, -0.1) is 0 Å². The van der Waals surface area contributed by atoms with Gasteiger partial charge in [0.15, 0.2) is 0 Å². The molecule has 2 amide bonds. The van der Waals surface area contributed by atoms with E-state index in [0.717, 1.165) is 45.7 Å². The third-order valence-corrected chi connectivity index (χ3v) is 6.99. The fourth-order valence-electron chi connectivity index (χ4n) is 4.57. The molecule has 0 unspecified atom stereocenters. The van der Waals surface area contributed by atoms with E-state index in [2.05, 4.69) is 45.9 Å². The van der Waals surface area contributed by atoms with Gasteiger partial charge in [0, 0.05) is 51.4 Å². The third-order valence-electron chi connectivity index (χ3n) is 6.26. The number of hydrogen-bond acceptors (Lipinski definition) is 4. The molecule has 0 atom stereocenters. The van der Waals surface area contributed by atoms with Gasteiger partial charge in [0.25, 0.3) is 0 Å². The zero-order chi connectivity index (χ0) is 19.1. The van der Waals surface area contributed by atoms with Crippen molar-refractivity contribution >= 4 is 17.4 Å². The summed E-state index contributed by atoms with van der Waals surface area (Å²) >= 11 is 1.70. The van der Waals surface area contributed by atoms with Crippen LogP contribution in [0, 0.1) is 0 Å². The molecule has 1 saturated heterocycles. The summed E-state index contributed by atoms with van der Waals surface area (Å²) in [6.45, 7) is 8.97. The number of amides is 2. The van der Waals surface area contributed by atoms with Gasteiger partial charge in [0.05, 0.1) is 0 Å². The van der Waals surface area contributed by atoms with Crippen molar-refractivity contribution in [2.24, 2.45) is 0 Å². The summed E-state index contributed by atoms with van der Waals surface area (Å²) in [6, 6.07) is 2.22. The van der Waals surface area contributed by atoms with Crippen LogP contribution in [0.15, 0.2) is 16.8 Å². The van der Waals surface area contributed by atoms with Crippen LogP contribution >= 0.6 is 11.3 Å². The van der Waals surface area contributed by atoms with Gasteiger partial charge >= 0.3 is 6.03 Å². The van der Waals surface area contributed by atoms with E-state index in [1.54, 1.807) is 11.3 Å². The van der Waals surface area contributed by atoms with E-state index >= 15 is 0 Å². The molecule has 5 nitrogen and oxygen atoms in total. The summed E-state index contributed by atoms with van der Waals surface area (Å²) in [4.78, 5) is 20.0. The second-order valence-corrected chi connectivity index (χ2v) is 9.07. The van der Waals surface area contributed by atoms with Crippen LogP contribution in [0.4, 0.5) is 4.79 Å². The van der Waals surface area contributed by atoms with Gasteiger partial charge in [-0.05, 0) is 48.7 Å². The lowest BCUT2D eigenvalue weighted by Gasteiger charge is -2.49. The number of urea groups is 1. The number of nitrogens with zero attached hydrogens (tertiary/aromatic N) is 3. The Kier molecular flexibility index (Phi) is 7.56. The molecule has 0 spiro atoms. The number of rotatable bonds is 7. The lowest BCUT2D eigenvalue weighted by Crippen LogP contribution is -2.62. The van der Waals surface area contributed by atoms with Gasteiger partial charge in [-0.3, -0.25) is 4.90 Å². The molecular formula is C21H36N4OS. The van der Waals surface area contributed by atoms with Gasteiger partial charge in [0.2, 0.25) is 0 Å². The second kappa shape index (κ2) is 9.89. The van der Waals surface area contributed by atoms with Crippen LogP contribution in [0.25, 0.3) is 0 Å². The van der Waals surface area contributed by atoms with E-state index in [-0.39, 0.29) is 11.6 Å². The summed E-state index contributed by atoms with van der Waals surface area (Å²) in [5.74, 6) is 0. The molecule has 1 saturated carbocycles. The monoisotopic (exact) mass is 392 g/mol. The molecule has 2 aliphatic rings. The third kappa shape index (κ3) is 5.46. The summed E-state index contributed by atoms with van der Waals surface area (Å²) in [5, 5.41) is 7.56. The molecule has 1 aliphatic heterocycles. The number of piperazine rings is 1. The van der Waals surface area contributed by atoms with E-state index < -0.39 is 0 Å². The highest BCUT2D eigenvalue weighted by Gasteiger charge is 2.39. The lowest BCUT2D eigenvalue weighted by molar-refractivity contribution is 0.0146. The first-order valence-corrected chi connectivity index (χ1v) is 11.5. The Bertz CT molecular complexity index is 563. The Morgan fingerprint density at radius 3 is 2.59 bits per heavy atom. The minimum Gasteiger partial charge on any atom is -0.336 e. The largest absolute Gasteiger partial charge is 0.336 e. The average Bonchev–Trinajstić information content (AvgIpc) is 3.20. The van der Waals surface area contributed by atoms with Crippen LogP contribution in [0.1, 0.15) is 51.0 Å². The zero-order valence-corrected chi connectivity index (χ0v) is 17.9. The molecule has 0 radical (unpaired) electrons. The Hall–Kier alpha value is -1.11. The van der Waals surface area contributed by atoms with Gasteiger partial charge in [-0.2, -0.15) is 11.3 Å². The van der Waals surface area contributed by atoms with Crippen molar-refractivity contribution in [1.82, 2.24) is 20.0 Å². The molecule has 27 heavy (non-hydrogen) atoms. The minimum atomic E-state index is 0.0992. The van der Waals surface area contributed by atoms with Crippen LogP contribution in [0.2, 0.25) is 0 Å². The summed E-state index contributed by atoms with van der Waals surface area (Å²) in [6.07, 6.45) is 7.33. The van der Waals surface area contributed by atoms with Gasteiger partial charge < -0.3 is 15.1 Å². The summed E-state index contributed by atoms with van der Waals surface area (Å²) < 4.78 is 0. The molecule has 2 fully saturated rings.